The Labute approximate surface area is 122 Å². The van der Waals surface area contributed by atoms with Crippen LogP contribution in [0, 0.1) is 27.7 Å². The fourth-order valence-corrected chi connectivity index (χ4v) is 2.54. The van der Waals surface area contributed by atoms with Crippen molar-refractivity contribution in [3.05, 3.63) is 69.8 Å². The first-order valence-corrected chi connectivity index (χ1v) is 7.07. The highest BCUT2D eigenvalue weighted by Crippen LogP contribution is 2.15. The SMILES string of the molecule is Cc1ccc(CN(N)Cc2ccc(C)cc2C)c(C)c1. The van der Waals surface area contributed by atoms with Crippen molar-refractivity contribution in [2.75, 3.05) is 0 Å². The van der Waals surface area contributed by atoms with E-state index in [1.165, 1.54) is 33.4 Å². The van der Waals surface area contributed by atoms with E-state index in [1.54, 1.807) is 0 Å². The van der Waals surface area contributed by atoms with Crippen LogP contribution in [-0.2, 0) is 13.1 Å². The number of nitrogens with two attached hydrogens (primary N) is 1. The third kappa shape index (κ3) is 3.69. The second kappa shape index (κ2) is 6.21. The lowest BCUT2D eigenvalue weighted by molar-refractivity contribution is 0.265. The fourth-order valence-electron chi connectivity index (χ4n) is 2.54. The van der Waals surface area contributed by atoms with Crippen LogP contribution < -0.4 is 5.84 Å². The molecule has 2 aromatic carbocycles. The maximum absolute atomic E-state index is 6.18. The van der Waals surface area contributed by atoms with Gasteiger partial charge in [-0.3, -0.25) is 5.84 Å². The molecule has 0 aliphatic carbocycles. The van der Waals surface area contributed by atoms with Crippen LogP contribution in [0.5, 0.6) is 0 Å². The average Bonchev–Trinajstić information content (AvgIpc) is 2.36. The summed E-state index contributed by atoms with van der Waals surface area (Å²) in [5.41, 5.74) is 7.79. The zero-order valence-corrected chi connectivity index (χ0v) is 12.9. The van der Waals surface area contributed by atoms with Crippen molar-refractivity contribution in [1.29, 1.82) is 0 Å². The summed E-state index contributed by atoms with van der Waals surface area (Å²) in [4.78, 5) is 0. The number of benzene rings is 2. The summed E-state index contributed by atoms with van der Waals surface area (Å²) in [5.74, 6) is 6.18. The van der Waals surface area contributed by atoms with E-state index in [4.69, 9.17) is 5.84 Å². The Kier molecular flexibility index (Phi) is 4.58. The lowest BCUT2D eigenvalue weighted by Crippen LogP contribution is -2.30. The van der Waals surface area contributed by atoms with Gasteiger partial charge in [-0.05, 0) is 49.9 Å². The first kappa shape index (κ1) is 14.8. The van der Waals surface area contributed by atoms with Gasteiger partial charge >= 0.3 is 0 Å². The van der Waals surface area contributed by atoms with E-state index >= 15 is 0 Å². The Balaban J connectivity index is 2.07. The van der Waals surface area contributed by atoms with Crippen LogP contribution in [0.15, 0.2) is 36.4 Å². The zero-order chi connectivity index (χ0) is 14.7. The van der Waals surface area contributed by atoms with E-state index in [1.807, 2.05) is 5.01 Å². The number of hydrogen-bond acceptors (Lipinski definition) is 2. The molecule has 0 amide bonds. The van der Waals surface area contributed by atoms with Crippen molar-refractivity contribution in [3.63, 3.8) is 0 Å². The summed E-state index contributed by atoms with van der Waals surface area (Å²) < 4.78 is 0. The van der Waals surface area contributed by atoms with Crippen molar-refractivity contribution in [2.24, 2.45) is 5.84 Å². The molecule has 0 saturated carbocycles. The first-order chi connectivity index (χ1) is 9.45. The van der Waals surface area contributed by atoms with Crippen molar-refractivity contribution in [3.8, 4) is 0 Å². The monoisotopic (exact) mass is 268 g/mol. The van der Waals surface area contributed by atoms with Crippen molar-refractivity contribution >= 4 is 0 Å². The third-order valence-electron chi connectivity index (χ3n) is 3.74. The summed E-state index contributed by atoms with van der Waals surface area (Å²) in [5, 5.41) is 1.88. The largest absolute Gasteiger partial charge is 0.268 e. The second-order valence-electron chi connectivity index (χ2n) is 5.76. The van der Waals surface area contributed by atoms with E-state index < -0.39 is 0 Å². The van der Waals surface area contributed by atoms with Gasteiger partial charge in [-0.25, -0.2) is 5.01 Å². The molecule has 0 bridgehead atoms. The van der Waals surface area contributed by atoms with Crippen LogP contribution >= 0.6 is 0 Å². The maximum atomic E-state index is 6.18. The third-order valence-corrected chi connectivity index (χ3v) is 3.74. The van der Waals surface area contributed by atoms with E-state index in [-0.39, 0.29) is 0 Å². The van der Waals surface area contributed by atoms with Gasteiger partial charge < -0.3 is 0 Å². The number of hydrazine groups is 1. The minimum atomic E-state index is 0.777. The molecule has 0 heterocycles. The molecule has 0 fully saturated rings. The summed E-state index contributed by atoms with van der Waals surface area (Å²) >= 11 is 0. The molecule has 0 radical (unpaired) electrons. The summed E-state index contributed by atoms with van der Waals surface area (Å²) in [7, 11) is 0. The molecule has 0 saturated heterocycles. The molecule has 0 atom stereocenters. The molecule has 2 rings (SSSR count). The molecule has 20 heavy (non-hydrogen) atoms. The van der Waals surface area contributed by atoms with E-state index in [0.717, 1.165) is 13.1 Å². The molecule has 2 aromatic rings. The van der Waals surface area contributed by atoms with Crippen LogP contribution in [0.25, 0.3) is 0 Å². The van der Waals surface area contributed by atoms with Crippen molar-refractivity contribution in [1.82, 2.24) is 5.01 Å². The Bertz CT molecular complexity index is 549. The zero-order valence-electron chi connectivity index (χ0n) is 12.9. The van der Waals surface area contributed by atoms with Gasteiger partial charge in [0.1, 0.15) is 0 Å². The minimum Gasteiger partial charge on any atom is -0.268 e. The quantitative estimate of drug-likeness (QED) is 0.675. The van der Waals surface area contributed by atoms with Crippen molar-refractivity contribution in [2.45, 2.75) is 40.8 Å². The Morgan fingerprint density at radius 2 is 1.15 bits per heavy atom. The lowest BCUT2D eigenvalue weighted by Gasteiger charge is -2.19. The standard InChI is InChI=1S/C18H24N2/c1-13-5-7-17(15(3)9-13)11-20(19)12-18-8-6-14(2)10-16(18)4/h5-10H,11-12,19H2,1-4H3. The number of nitrogens with zero attached hydrogens (tertiary/aromatic N) is 1. The van der Waals surface area contributed by atoms with Gasteiger partial charge in [0.2, 0.25) is 0 Å². The molecular formula is C18H24N2. The molecule has 2 nitrogen and oxygen atoms in total. The molecule has 2 N–H and O–H groups in total. The smallest absolute Gasteiger partial charge is 0.0385 e. The van der Waals surface area contributed by atoms with Gasteiger partial charge in [0.15, 0.2) is 0 Å². The first-order valence-electron chi connectivity index (χ1n) is 7.07. The predicted octanol–water partition coefficient (Wildman–Crippen LogP) is 3.80. The summed E-state index contributed by atoms with van der Waals surface area (Å²) in [6.45, 7) is 10.1. The van der Waals surface area contributed by atoms with E-state index in [2.05, 4.69) is 64.1 Å². The van der Waals surface area contributed by atoms with Gasteiger partial charge in [-0.15, -0.1) is 0 Å². The lowest BCUT2D eigenvalue weighted by atomic mass is 10.0. The summed E-state index contributed by atoms with van der Waals surface area (Å²) in [6, 6.07) is 13.1. The predicted molar refractivity (Wildman–Crippen MR) is 85.3 cm³/mol. The van der Waals surface area contributed by atoms with Gasteiger partial charge in [-0.2, -0.15) is 0 Å². The normalized spacial score (nSPS) is 11.1. The van der Waals surface area contributed by atoms with E-state index in [0.29, 0.717) is 0 Å². The van der Waals surface area contributed by atoms with Gasteiger partial charge in [0, 0.05) is 13.1 Å². The minimum absolute atomic E-state index is 0.777. The molecule has 0 aliphatic rings. The van der Waals surface area contributed by atoms with Gasteiger partial charge in [0.25, 0.3) is 0 Å². The molecule has 106 valence electrons. The van der Waals surface area contributed by atoms with Crippen LogP contribution in [0.2, 0.25) is 0 Å². The van der Waals surface area contributed by atoms with E-state index in [9.17, 15) is 0 Å². The van der Waals surface area contributed by atoms with Gasteiger partial charge in [-0.1, -0.05) is 47.5 Å². The molecular weight excluding hydrogens is 244 g/mol. The molecule has 0 aromatic heterocycles. The Morgan fingerprint density at radius 1 is 0.750 bits per heavy atom. The molecule has 0 unspecified atom stereocenters. The van der Waals surface area contributed by atoms with Crippen LogP contribution in [0.1, 0.15) is 33.4 Å². The second-order valence-corrected chi connectivity index (χ2v) is 5.76. The number of hydrogen-bond donors (Lipinski definition) is 1. The van der Waals surface area contributed by atoms with Crippen LogP contribution in [0.4, 0.5) is 0 Å². The van der Waals surface area contributed by atoms with Crippen LogP contribution in [-0.4, -0.2) is 5.01 Å². The fraction of sp³-hybridized carbons (Fsp3) is 0.333. The molecule has 0 aliphatic heterocycles. The molecule has 2 heteroatoms. The Morgan fingerprint density at radius 3 is 1.50 bits per heavy atom. The van der Waals surface area contributed by atoms with Crippen molar-refractivity contribution < 1.29 is 0 Å². The highest BCUT2D eigenvalue weighted by Gasteiger charge is 2.07. The number of aryl methyl sites for hydroxylation is 4. The molecule has 0 spiro atoms. The Hall–Kier alpha value is -1.64. The summed E-state index contributed by atoms with van der Waals surface area (Å²) in [6.07, 6.45) is 0. The topological polar surface area (TPSA) is 29.3 Å². The van der Waals surface area contributed by atoms with Crippen LogP contribution in [0.3, 0.4) is 0 Å². The maximum Gasteiger partial charge on any atom is 0.0385 e. The number of rotatable bonds is 4. The highest BCUT2D eigenvalue weighted by molar-refractivity contribution is 5.32. The highest BCUT2D eigenvalue weighted by atomic mass is 15.4. The average molecular weight is 268 g/mol. The van der Waals surface area contributed by atoms with Gasteiger partial charge in [0.05, 0.1) is 0 Å².